The predicted octanol–water partition coefficient (Wildman–Crippen LogP) is 10.1. The lowest BCUT2D eigenvalue weighted by Crippen LogP contribution is -2.33. The van der Waals surface area contributed by atoms with Crippen LogP contribution in [0.1, 0.15) is 16.7 Å². The Morgan fingerprint density at radius 1 is 0.440 bits per heavy atom. The Hall–Kier alpha value is -6.41. The summed E-state index contributed by atoms with van der Waals surface area (Å²) >= 11 is 0. The van der Waals surface area contributed by atoms with E-state index in [1.807, 2.05) is 121 Å². The van der Waals surface area contributed by atoms with Crippen molar-refractivity contribution in [2.45, 2.75) is 5.79 Å². The molecule has 0 fully saturated rings. The van der Waals surface area contributed by atoms with Crippen LogP contribution < -0.4 is 0 Å². The molecule has 50 heavy (non-hydrogen) atoms. The van der Waals surface area contributed by atoms with Crippen LogP contribution in [0.25, 0.3) is 33.9 Å². The van der Waals surface area contributed by atoms with E-state index >= 15 is 17.6 Å². The minimum atomic E-state index is -2.14. The van der Waals surface area contributed by atoms with Gasteiger partial charge in [-0.05, 0) is 24.3 Å². The summed E-state index contributed by atoms with van der Waals surface area (Å²) in [6.45, 7) is 0. The molecule has 2 heterocycles. The Balaban J connectivity index is 1.60. The van der Waals surface area contributed by atoms with Crippen molar-refractivity contribution in [1.29, 1.82) is 0 Å². The molecular formula is C42H26F4N4. The number of benzene rings is 6. The first-order valence-electron chi connectivity index (χ1n) is 15.9. The zero-order chi connectivity index (χ0) is 34.2. The van der Waals surface area contributed by atoms with Crippen LogP contribution in [0.5, 0.6) is 0 Å². The number of hydrogen-bond donors (Lipinski definition) is 0. The molecule has 0 radical (unpaired) electrons. The van der Waals surface area contributed by atoms with Crippen molar-refractivity contribution < 1.29 is 17.6 Å². The van der Waals surface area contributed by atoms with Gasteiger partial charge < -0.3 is 0 Å². The second-order valence-corrected chi connectivity index (χ2v) is 11.7. The summed E-state index contributed by atoms with van der Waals surface area (Å²) in [6, 6.07) is 44.4. The Bertz CT molecular complexity index is 2350. The Kier molecular flexibility index (Phi) is 7.76. The average Bonchev–Trinajstić information content (AvgIpc) is 3.77. The smallest absolute Gasteiger partial charge is 0.264 e. The van der Waals surface area contributed by atoms with Crippen molar-refractivity contribution in [2.75, 3.05) is 0 Å². The molecule has 4 nitrogen and oxygen atoms in total. The standard InChI is InChI=1S/C42H26F4N4/c43-33-25-13-23-31(35(33)45)41-47-39(29-19-9-3-10-20-29)40(30-21-11-4-12-22-30)50(41)42(32-24-14-26-34(44)36(32)46)48-37(27-15-5-1-6-16-27)38(49-42)28-17-7-2-8-18-28/h1-26H. The van der Waals surface area contributed by atoms with Gasteiger partial charge in [-0.2, -0.15) is 0 Å². The topological polar surface area (TPSA) is 42.5 Å². The molecule has 0 amide bonds. The summed E-state index contributed by atoms with van der Waals surface area (Å²) in [5.74, 6) is -6.80. The third kappa shape index (κ3) is 5.13. The zero-order valence-electron chi connectivity index (χ0n) is 26.3. The predicted molar refractivity (Wildman–Crippen MR) is 188 cm³/mol. The van der Waals surface area contributed by atoms with Gasteiger partial charge in [0.15, 0.2) is 23.3 Å². The van der Waals surface area contributed by atoms with Gasteiger partial charge in [0.2, 0.25) is 0 Å². The Morgan fingerprint density at radius 2 is 0.900 bits per heavy atom. The second kappa shape index (κ2) is 12.6. The lowest BCUT2D eigenvalue weighted by atomic mass is 10.0. The third-order valence-electron chi connectivity index (χ3n) is 8.64. The van der Waals surface area contributed by atoms with E-state index in [0.717, 1.165) is 12.1 Å². The molecule has 8 heteroatoms. The maximum atomic E-state index is 16.5. The molecule has 0 spiro atoms. The van der Waals surface area contributed by atoms with Crippen LogP contribution in [0.15, 0.2) is 168 Å². The largest absolute Gasteiger partial charge is 0.274 e. The summed E-state index contributed by atoms with van der Waals surface area (Å²) in [7, 11) is 0. The first-order chi connectivity index (χ1) is 24.5. The fraction of sp³-hybridized carbons (Fsp3) is 0.0238. The molecule has 1 aliphatic heterocycles. The van der Waals surface area contributed by atoms with E-state index in [1.54, 1.807) is 0 Å². The van der Waals surface area contributed by atoms with Crippen LogP contribution in [-0.4, -0.2) is 21.0 Å². The van der Waals surface area contributed by atoms with Gasteiger partial charge in [0.05, 0.1) is 33.9 Å². The van der Waals surface area contributed by atoms with Gasteiger partial charge >= 0.3 is 0 Å². The molecule has 0 atom stereocenters. The molecule has 0 unspecified atom stereocenters. The Labute approximate surface area is 285 Å². The van der Waals surface area contributed by atoms with Crippen LogP contribution in [-0.2, 0) is 5.79 Å². The van der Waals surface area contributed by atoms with Crippen LogP contribution >= 0.6 is 0 Å². The third-order valence-corrected chi connectivity index (χ3v) is 8.64. The van der Waals surface area contributed by atoms with E-state index in [0.29, 0.717) is 45.1 Å². The van der Waals surface area contributed by atoms with Gasteiger partial charge in [-0.15, -0.1) is 0 Å². The average molecular weight is 663 g/mol. The molecule has 0 saturated heterocycles. The van der Waals surface area contributed by atoms with E-state index in [4.69, 9.17) is 15.0 Å². The number of halogens is 4. The Morgan fingerprint density at radius 3 is 1.44 bits per heavy atom. The van der Waals surface area contributed by atoms with Gasteiger partial charge in [0, 0.05) is 22.3 Å². The van der Waals surface area contributed by atoms with E-state index in [1.165, 1.54) is 28.8 Å². The van der Waals surface area contributed by atoms with Gasteiger partial charge in [0.25, 0.3) is 5.79 Å². The fourth-order valence-electron chi connectivity index (χ4n) is 6.38. The first-order valence-corrected chi connectivity index (χ1v) is 15.9. The van der Waals surface area contributed by atoms with E-state index in [9.17, 15) is 0 Å². The maximum absolute atomic E-state index is 16.5. The summed E-state index contributed by atoms with van der Waals surface area (Å²) in [6.07, 6.45) is 0. The highest BCUT2D eigenvalue weighted by Crippen LogP contribution is 2.47. The number of hydrogen-bond acceptors (Lipinski definition) is 3. The SMILES string of the molecule is Fc1cccc(-c2nc(-c3ccccc3)c(-c3ccccc3)n2C2(c3cccc(F)c3F)N=C(c3ccccc3)C(c3ccccc3)=N2)c1F. The van der Waals surface area contributed by atoms with Crippen LogP contribution in [0.3, 0.4) is 0 Å². The number of aromatic nitrogens is 2. The van der Waals surface area contributed by atoms with Crippen molar-refractivity contribution in [2.24, 2.45) is 9.98 Å². The van der Waals surface area contributed by atoms with Crippen LogP contribution in [0, 0.1) is 23.3 Å². The molecule has 8 rings (SSSR count). The summed E-state index contributed by atoms with van der Waals surface area (Å²) < 4.78 is 64.5. The molecule has 0 saturated carbocycles. The highest BCUT2D eigenvalue weighted by molar-refractivity contribution is 6.54. The second-order valence-electron chi connectivity index (χ2n) is 11.7. The van der Waals surface area contributed by atoms with Gasteiger partial charge in [-0.3, -0.25) is 4.57 Å². The van der Waals surface area contributed by atoms with Crippen molar-refractivity contribution in [3.05, 3.63) is 198 Å². The van der Waals surface area contributed by atoms with E-state index in [-0.39, 0.29) is 17.0 Å². The highest BCUT2D eigenvalue weighted by Gasteiger charge is 2.47. The minimum Gasteiger partial charge on any atom is -0.274 e. The molecule has 0 aliphatic carbocycles. The summed E-state index contributed by atoms with van der Waals surface area (Å²) in [5.41, 5.74) is 3.67. The van der Waals surface area contributed by atoms with E-state index < -0.39 is 29.1 Å². The molecule has 0 bridgehead atoms. The summed E-state index contributed by atoms with van der Waals surface area (Å²) in [5, 5.41) is 0. The quantitative estimate of drug-likeness (QED) is 0.157. The van der Waals surface area contributed by atoms with Crippen molar-refractivity contribution in [1.82, 2.24) is 9.55 Å². The number of aliphatic imine (C=N–C) groups is 2. The fourth-order valence-corrected chi connectivity index (χ4v) is 6.38. The molecular weight excluding hydrogens is 636 g/mol. The monoisotopic (exact) mass is 662 g/mol. The lowest BCUT2D eigenvalue weighted by molar-refractivity contribution is 0.375. The minimum absolute atomic E-state index is 0.0856. The molecule has 1 aliphatic rings. The number of nitrogens with zero attached hydrogens (tertiary/aromatic N) is 4. The van der Waals surface area contributed by atoms with Crippen molar-refractivity contribution in [3.8, 4) is 33.9 Å². The van der Waals surface area contributed by atoms with Gasteiger partial charge in [-0.1, -0.05) is 133 Å². The normalized spacial score (nSPS) is 13.6. The van der Waals surface area contributed by atoms with Gasteiger partial charge in [-0.25, -0.2) is 32.5 Å². The maximum Gasteiger partial charge on any atom is 0.264 e. The highest BCUT2D eigenvalue weighted by atomic mass is 19.2. The first kappa shape index (κ1) is 30.9. The van der Waals surface area contributed by atoms with Crippen molar-refractivity contribution >= 4 is 11.4 Å². The van der Waals surface area contributed by atoms with Crippen LogP contribution in [0.2, 0.25) is 0 Å². The van der Waals surface area contributed by atoms with Crippen LogP contribution in [0.4, 0.5) is 17.6 Å². The molecule has 1 aromatic heterocycles. The van der Waals surface area contributed by atoms with Crippen molar-refractivity contribution in [3.63, 3.8) is 0 Å². The number of rotatable bonds is 7. The molecule has 0 N–H and O–H groups in total. The van der Waals surface area contributed by atoms with E-state index in [2.05, 4.69) is 0 Å². The zero-order valence-corrected chi connectivity index (χ0v) is 26.3. The van der Waals surface area contributed by atoms with Gasteiger partial charge in [0.1, 0.15) is 5.82 Å². The lowest BCUT2D eigenvalue weighted by Gasteiger charge is -2.30. The molecule has 7 aromatic rings. The number of imidazole rings is 1. The molecule has 242 valence electrons. The molecule has 6 aromatic carbocycles. The summed E-state index contributed by atoms with van der Waals surface area (Å²) in [4.78, 5) is 15.5.